The first-order valence-corrected chi connectivity index (χ1v) is 11.6. The van der Waals surface area contributed by atoms with E-state index in [1.54, 1.807) is 41.3 Å². The number of piperazine rings is 1. The van der Waals surface area contributed by atoms with E-state index in [0.717, 1.165) is 22.6 Å². The summed E-state index contributed by atoms with van der Waals surface area (Å²) in [6, 6.07) is 10.2. The Kier molecular flexibility index (Phi) is 5.72. The van der Waals surface area contributed by atoms with Gasteiger partial charge in [-0.1, -0.05) is 22.9 Å². The Morgan fingerprint density at radius 3 is 2.29 bits per heavy atom. The Hall–Kier alpha value is -2.91. The van der Waals surface area contributed by atoms with Crippen molar-refractivity contribution in [2.75, 3.05) is 26.2 Å². The van der Waals surface area contributed by atoms with Gasteiger partial charge in [0.05, 0.1) is 10.6 Å². The number of carbonyl (C=O) groups excluding carboxylic acids is 1. The van der Waals surface area contributed by atoms with Crippen LogP contribution in [-0.4, -0.2) is 54.9 Å². The van der Waals surface area contributed by atoms with Crippen LogP contribution in [0.2, 0.25) is 0 Å². The molecule has 2 aromatic heterocycles. The molecule has 4 rings (SSSR count). The molecule has 3 aromatic rings. The summed E-state index contributed by atoms with van der Waals surface area (Å²) in [6.07, 6.45) is 0.497. The molecule has 0 radical (unpaired) electrons. The van der Waals surface area contributed by atoms with Gasteiger partial charge in [0.25, 0.3) is 5.91 Å². The number of nitrogens with zero attached hydrogens (tertiary/aromatic N) is 3. The second kappa shape index (κ2) is 8.32. The van der Waals surface area contributed by atoms with Gasteiger partial charge >= 0.3 is 0 Å². The molecule has 1 aliphatic heterocycles. The van der Waals surface area contributed by atoms with Crippen molar-refractivity contribution in [1.82, 2.24) is 14.4 Å². The molecule has 1 aliphatic rings. The first-order chi connectivity index (χ1) is 14.8. The van der Waals surface area contributed by atoms with Crippen molar-refractivity contribution >= 4 is 15.9 Å². The van der Waals surface area contributed by atoms with E-state index in [9.17, 15) is 13.2 Å². The van der Waals surface area contributed by atoms with Crippen LogP contribution >= 0.6 is 0 Å². The summed E-state index contributed by atoms with van der Waals surface area (Å²) >= 11 is 0. The highest BCUT2D eigenvalue weighted by Gasteiger charge is 2.31. The highest BCUT2D eigenvalue weighted by molar-refractivity contribution is 7.89. The van der Waals surface area contributed by atoms with Crippen LogP contribution in [0, 0.1) is 20.8 Å². The average Bonchev–Trinajstić information content (AvgIpc) is 3.36. The van der Waals surface area contributed by atoms with Gasteiger partial charge < -0.3 is 13.8 Å². The van der Waals surface area contributed by atoms with Crippen molar-refractivity contribution in [3.63, 3.8) is 0 Å². The summed E-state index contributed by atoms with van der Waals surface area (Å²) < 4.78 is 38.1. The van der Waals surface area contributed by atoms with Crippen LogP contribution in [0.15, 0.2) is 50.2 Å². The lowest BCUT2D eigenvalue weighted by Gasteiger charge is -2.33. The number of sulfonamides is 1. The van der Waals surface area contributed by atoms with Crippen molar-refractivity contribution in [1.29, 1.82) is 0 Å². The third kappa shape index (κ3) is 4.28. The number of furan rings is 1. The second-order valence-corrected chi connectivity index (χ2v) is 9.69. The van der Waals surface area contributed by atoms with E-state index >= 15 is 0 Å². The van der Waals surface area contributed by atoms with Crippen LogP contribution in [0.3, 0.4) is 0 Å². The van der Waals surface area contributed by atoms with Gasteiger partial charge in [-0.25, -0.2) is 8.42 Å². The standard InChI is InChI=1S/C22H25N3O5S/c1-15-4-7-19(8-5-15)31(27,28)25-12-10-24(11-13-25)22(26)21-9-6-18(29-21)14-20-16(2)23-30-17(20)3/h4-9H,10-14H2,1-3H3. The third-order valence-corrected chi connectivity index (χ3v) is 7.50. The van der Waals surface area contributed by atoms with Gasteiger partial charge in [0.1, 0.15) is 11.5 Å². The summed E-state index contributed by atoms with van der Waals surface area (Å²) in [5.41, 5.74) is 2.75. The summed E-state index contributed by atoms with van der Waals surface area (Å²) in [5, 5.41) is 3.94. The molecule has 1 fully saturated rings. The maximum atomic E-state index is 12.8. The molecule has 0 unspecified atom stereocenters. The zero-order valence-electron chi connectivity index (χ0n) is 17.8. The fraction of sp³-hybridized carbons (Fsp3) is 0.364. The summed E-state index contributed by atoms with van der Waals surface area (Å²) in [5.74, 6) is 1.39. The molecule has 1 amide bonds. The molecular weight excluding hydrogens is 418 g/mol. The molecule has 31 heavy (non-hydrogen) atoms. The van der Waals surface area contributed by atoms with Crippen LogP contribution < -0.4 is 0 Å². The molecule has 0 bridgehead atoms. The Morgan fingerprint density at radius 1 is 1.00 bits per heavy atom. The lowest BCUT2D eigenvalue weighted by atomic mass is 10.1. The van der Waals surface area contributed by atoms with Crippen LogP contribution in [0.4, 0.5) is 0 Å². The number of carbonyl (C=O) groups is 1. The molecular formula is C22H25N3O5S. The topological polar surface area (TPSA) is 96.9 Å². The maximum absolute atomic E-state index is 12.8. The van der Waals surface area contributed by atoms with Crippen LogP contribution in [0.5, 0.6) is 0 Å². The summed E-state index contributed by atoms with van der Waals surface area (Å²) in [7, 11) is -3.57. The van der Waals surface area contributed by atoms with Gasteiger partial charge in [-0.3, -0.25) is 4.79 Å². The fourth-order valence-electron chi connectivity index (χ4n) is 3.66. The quantitative estimate of drug-likeness (QED) is 0.602. The fourth-order valence-corrected chi connectivity index (χ4v) is 5.09. The lowest BCUT2D eigenvalue weighted by molar-refractivity contribution is 0.0664. The van der Waals surface area contributed by atoms with Gasteiger partial charge in [0.2, 0.25) is 10.0 Å². The zero-order chi connectivity index (χ0) is 22.2. The molecule has 1 aromatic carbocycles. The zero-order valence-corrected chi connectivity index (χ0v) is 18.6. The molecule has 0 atom stereocenters. The van der Waals surface area contributed by atoms with Gasteiger partial charge in [0, 0.05) is 38.2 Å². The number of rotatable bonds is 5. The van der Waals surface area contributed by atoms with E-state index in [0.29, 0.717) is 25.3 Å². The largest absolute Gasteiger partial charge is 0.456 e. The first kappa shape index (κ1) is 21.3. The Morgan fingerprint density at radius 2 is 1.68 bits per heavy atom. The third-order valence-electron chi connectivity index (χ3n) is 5.59. The number of benzene rings is 1. The number of aryl methyl sites for hydroxylation is 3. The number of amides is 1. The minimum atomic E-state index is -3.57. The summed E-state index contributed by atoms with van der Waals surface area (Å²) in [6.45, 7) is 6.73. The molecule has 164 valence electrons. The minimum Gasteiger partial charge on any atom is -0.456 e. The van der Waals surface area contributed by atoms with Crippen molar-refractivity contribution in [3.8, 4) is 0 Å². The van der Waals surface area contributed by atoms with Crippen molar-refractivity contribution in [2.45, 2.75) is 32.1 Å². The van der Waals surface area contributed by atoms with Crippen molar-refractivity contribution in [2.24, 2.45) is 0 Å². The SMILES string of the molecule is Cc1ccc(S(=O)(=O)N2CCN(C(=O)c3ccc(Cc4c(C)noc4C)o3)CC2)cc1. The summed E-state index contributed by atoms with van der Waals surface area (Å²) in [4.78, 5) is 14.7. The molecule has 8 nitrogen and oxygen atoms in total. The van der Waals surface area contributed by atoms with Crippen LogP contribution in [0.25, 0.3) is 0 Å². The van der Waals surface area contributed by atoms with Gasteiger partial charge in [0.15, 0.2) is 5.76 Å². The maximum Gasteiger partial charge on any atom is 0.289 e. The van der Waals surface area contributed by atoms with E-state index in [-0.39, 0.29) is 29.7 Å². The van der Waals surface area contributed by atoms with E-state index < -0.39 is 10.0 Å². The predicted octanol–water partition coefficient (Wildman–Crippen LogP) is 2.93. The van der Waals surface area contributed by atoms with Crippen molar-refractivity contribution in [3.05, 3.63) is 70.5 Å². The molecule has 9 heteroatoms. The average molecular weight is 444 g/mol. The number of hydrogen-bond donors (Lipinski definition) is 0. The Bertz CT molecular complexity index is 1170. The van der Waals surface area contributed by atoms with Crippen LogP contribution in [-0.2, 0) is 16.4 Å². The van der Waals surface area contributed by atoms with Gasteiger partial charge in [-0.15, -0.1) is 0 Å². The molecule has 1 saturated heterocycles. The Balaban J connectivity index is 1.39. The molecule has 3 heterocycles. The van der Waals surface area contributed by atoms with Gasteiger partial charge in [-0.2, -0.15) is 4.31 Å². The highest BCUT2D eigenvalue weighted by Crippen LogP contribution is 2.22. The van der Waals surface area contributed by atoms with Gasteiger partial charge in [-0.05, 0) is 45.0 Å². The van der Waals surface area contributed by atoms with Crippen molar-refractivity contribution < 1.29 is 22.2 Å². The highest BCUT2D eigenvalue weighted by atomic mass is 32.2. The van der Waals surface area contributed by atoms with E-state index in [4.69, 9.17) is 8.94 Å². The molecule has 0 N–H and O–H groups in total. The predicted molar refractivity (Wildman–Crippen MR) is 113 cm³/mol. The second-order valence-electron chi connectivity index (χ2n) is 7.75. The van der Waals surface area contributed by atoms with Crippen LogP contribution in [0.1, 0.15) is 38.9 Å². The number of hydrogen-bond acceptors (Lipinski definition) is 6. The molecule has 0 spiro atoms. The normalized spacial score (nSPS) is 15.4. The molecule has 0 saturated carbocycles. The lowest BCUT2D eigenvalue weighted by Crippen LogP contribution is -2.50. The first-order valence-electron chi connectivity index (χ1n) is 10.1. The van der Waals surface area contributed by atoms with E-state index in [1.165, 1.54) is 4.31 Å². The van der Waals surface area contributed by atoms with E-state index in [1.807, 2.05) is 20.8 Å². The number of aromatic nitrogens is 1. The smallest absolute Gasteiger partial charge is 0.289 e. The molecule has 0 aliphatic carbocycles. The minimum absolute atomic E-state index is 0.239. The monoisotopic (exact) mass is 443 g/mol. The van der Waals surface area contributed by atoms with E-state index in [2.05, 4.69) is 5.16 Å². The Labute approximate surface area is 181 Å².